The van der Waals surface area contributed by atoms with E-state index in [1.165, 1.54) is 0 Å². The van der Waals surface area contributed by atoms with E-state index in [9.17, 15) is 13.2 Å². The molecule has 0 aliphatic heterocycles. The molecule has 21 heavy (non-hydrogen) atoms. The van der Waals surface area contributed by atoms with E-state index < -0.39 is 9.84 Å². The molecule has 0 aliphatic rings. The fraction of sp³-hybridized carbons (Fsp3) is 0.235. The molecular weight excluding hydrogens is 284 g/mol. The average molecular weight is 302 g/mol. The number of carbonyl (C=O) groups excluding carboxylic acids is 1. The van der Waals surface area contributed by atoms with E-state index in [1.807, 2.05) is 18.2 Å². The van der Waals surface area contributed by atoms with Crippen molar-refractivity contribution in [2.45, 2.75) is 24.2 Å². The Hall–Kier alpha value is -1.94. The fourth-order valence-electron chi connectivity index (χ4n) is 2.09. The molecule has 0 fully saturated rings. The van der Waals surface area contributed by atoms with Crippen LogP contribution in [0.15, 0.2) is 65.6 Å². The predicted octanol–water partition coefficient (Wildman–Crippen LogP) is 3.51. The van der Waals surface area contributed by atoms with E-state index in [0.717, 1.165) is 0 Å². The quantitative estimate of drug-likeness (QED) is 0.581. The highest BCUT2D eigenvalue weighted by atomic mass is 32.2. The summed E-state index contributed by atoms with van der Waals surface area (Å²) in [7, 11) is -3.23. The smallest absolute Gasteiger partial charge is 0.178 e. The van der Waals surface area contributed by atoms with Gasteiger partial charge in [-0.15, -0.1) is 0 Å². The van der Waals surface area contributed by atoms with Crippen LogP contribution in [0.3, 0.4) is 0 Å². The summed E-state index contributed by atoms with van der Waals surface area (Å²) < 4.78 is 24.1. The van der Waals surface area contributed by atoms with Crippen molar-refractivity contribution in [1.82, 2.24) is 0 Å². The molecule has 0 saturated heterocycles. The van der Waals surface area contributed by atoms with Crippen molar-refractivity contribution in [3.63, 3.8) is 0 Å². The first-order chi connectivity index (χ1) is 10.1. The maximum absolute atomic E-state index is 12.1. The van der Waals surface area contributed by atoms with Crippen LogP contribution in [0, 0.1) is 0 Å². The van der Waals surface area contributed by atoms with Crippen molar-refractivity contribution in [2.75, 3.05) is 5.75 Å². The summed E-state index contributed by atoms with van der Waals surface area (Å²) in [6.07, 6.45) is 1.46. The number of carbonyl (C=O) groups is 1. The highest BCUT2D eigenvalue weighted by Crippen LogP contribution is 2.13. The number of sulfone groups is 1. The first-order valence-electron chi connectivity index (χ1n) is 6.96. The monoisotopic (exact) mass is 302 g/mol. The van der Waals surface area contributed by atoms with Gasteiger partial charge in [0.2, 0.25) is 0 Å². The standard InChI is InChI=1S/C17H18O3S/c18-17(15-9-3-1-4-10-15)13-7-8-14-21(19,20)16-11-5-2-6-12-16/h1-6,9-12H,7-8,13-14H2. The van der Waals surface area contributed by atoms with Crippen LogP contribution in [0.25, 0.3) is 0 Å². The third-order valence-corrected chi connectivity index (χ3v) is 5.08. The number of Topliss-reactive ketones (excluding diaryl/α,β-unsaturated/α-hetero) is 1. The van der Waals surface area contributed by atoms with Crippen molar-refractivity contribution in [3.8, 4) is 0 Å². The molecule has 0 unspecified atom stereocenters. The van der Waals surface area contributed by atoms with E-state index in [0.29, 0.717) is 29.7 Å². The van der Waals surface area contributed by atoms with Crippen LogP contribution >= 0.6 is 0 Å². The predicted molar refractivity (Wildman–Crippen MR) is 83.1 cm³/mol. The average Bonchev–Trinajstić information content (AvgIpc) is 2.53. The highest BCUT2D eigenvalue weighted by molar-refractivity contribution is 7.91. The lowest BCUT2D eigenvalue weighted by Crippen LogP contribution is -2.07. The number of rotatable bonds is 7. The lowest BCUT2D eigenvalue weighted by atomic mass is 10.1. The minimum Gasteiger partial charge on any atom is -0.294 e. The molecular formula is C17H18O3S. The Balaban J connectivity index is 1.81. The second kappa shape index (κ2) is 7.18. The number of unbranched alkanes of at least 4 members (excludes halogenated alkanes) is 1. The fourth-order valence-corrected chi connectivity index (χ4v) is 3.48. The Bertz CT molecular complexity index is 676. The number of hydrogen-bond acceptors (Lipinski definition) is 3. The van der Waals surface area contributed by atoms with Gasteiger partial charge in [-0.1, -0.05) is 48.5 Å². The van der Waals surface area contributed by atoms with E-state index in [2.05, 4.69) is 0 Å². The molecule has 2 rings (SSSR count). The van der Waals surface area contributed by atoms with Crippen LogP contribution in [-0.2, 0) is 9.84 Å². The number of ketones is 1. The van der Waals surface area contributed by atoms with Crippen LogP contribution in [-0.4, -0.2) is 20.0 Å². The summed E-state index contributed by atoms with van der Waals surface area (Å²) in [5.41, 5.74) is 0.684. The van der Waals surface area contributed by atoms with Crippen LogP contribution < -0.4 is 0 Å². The molecule has 0 aliphatic carbocycles. The van der Waals surface area contributed by atoms with E-state index >= 15 is 0 Å². The van der Waals surface area contributed by atoms with E-state index in [-0.39, 0.29) is 11.5 Å². The van der Waals surface area contributed by atoms with Gasteiger partial charge in [-0.25, -0.2) is 8.42 Å². The van der Waals surface area contributed by atoms with Gasteiger partial charge >= 0.3 is 0 Å². The number of benzene rings is 2. The summed E-state index contributed by atoms with van der Waals surface area (Å²) in [5.74, 6) is 0.145. The van der Waals surface area contributed by atoms with Crippen LogP contribution in [0.5, 0.6) is 0 Å². The topological polar surface area (TPSA) is 51.2 Å². The number of hydrogen-bond donors (Lipinski definition) is 0. The zero-order valence-corrected chi connectivity index (χ0v) is 12.6. The molecule has 0 amide bonds. The van der Waals surface area contributed by atoms with Crippen LogP contribution in [0.4, 0.5) is 0 Å². The maximum Gasteiger partial charge on any atom is 0.178 e. The molecule has 0 N–H and O–H groups in total. The largest absolute Gasteiger partial charge is 0.294 e. The zero-order valence-electron chi connectivity index (χ0n) is 11.7. The molecule has 0 radical (unpaired) electrons. The lowest BCUT2D eigenvalue weighted by molar-refractivity contribution is 0.0980. The van der Waals surface area contributed by atoms with Crippen molar-refractivity contribution >= 4 is 15.6 Å². The molecule has 2 aromatic carbocycles. The molecule has 3 nitrogen and oxygen atoms in total. The maximum atomic E-state index is 12.1. The molecule has 0 saturated carbocycles. The molecule has 110 valence electrons. The molecule has 0 heterocycles. The summed E-state index contributed by atoms with van der Waals surface area (Å²) >= 11 is 0. The lowest BCUT2D eigenvalue weighted by Gasteiger charge is -2.04. The summed E-state index contributed by atoms with van der Waals surface area (Å²) in [6, 6.07) is 17.5. The van der Waals surface area contributed by atoms with Gasteiger partial charge in [0.05, 0.1) is 10.6 Å². The molecule has 2 aromatic rings. The Kier molecular flexibility index (Phi) is 5.28. The third kappa shape index (κ3) is 4.53. The molecule has 4 heteroatoms. The third-order valence-electron chi connectivity index (χ3n) is 3.26. The summed E-state index contributed by atoms with van der Waals surface area (Å²) in [4.78, 5) is 12.2. The van der Waals surface area contributed by atoms with E-state index in [4.69, 9.17) is 0 Å². The first kappa shape index (κ1) is 15.4. The normalized spacial score (nSPS) is 11.2. The Morgan fingerprint density at radius 1 is 0.810 bits per heavy atom. The Morgan fingerprint density at radius 2 is 1.38 bits per heavy atom. The highest BCUT2D eigenvalue weighted by Gasteiger charge is 2.13. The minimum absolute atomic E-state index is 0.0627. The SMILES string of the molecule is O=C(CCCCS(=O)(=O)c1ccccc1)c1ccccc1. The van der Waals surface area contributed by atoms with Gasteiger partial charge in [-0.05, 0) is 25.0 Å². The molecule has 0 atom stereocenters. The second-order valence-electron chi connectivity index (χ2n) is 4.88. The van der Waals surface area contributed by atoms with Crippen LogP contribution in [0.1, 0.15) is 29.6 Å². The van der Waals surface area contributed by atoms with Crippen molar-refractivity contribution in [2.24, 2.45) is 0 Å². The van der Waals surface area contributed by atoms with Gasteiger partial charge in [0, 0.05) is 12.0 Å². The van der Waals surface area contributed by atoms with E-state index in [1.54, 1.807) is 42.5 Å². The van der Waals surface area contributed by atoms with Crippen molar-refractivity contribution < 1.29 is 13.2 Å². The first-order valence-corrected chi connectivity index (χ1v) is 8.61. The second-order valence-corrected chi connectivity index (χ2v) is 6.99. The van der Waals surface area contributed by atoms with Gasteiger partial charge in [0.25, 0.3) is 0 Å². The molecule has 0 bridgehead atoms. The van der Waals surface area contributed by atoms with Gasteiger partial charge < -0.3 is 0 Å². The van der Waals surface area contributed by atoms with Gasteiger partial charge in [-0.2, -0.15) is 0 Å². The molecule has 0 spiro atoms. The van der Waals surface area contributed by atoms with Crippen molar-refractivity contribution in [1.29, 1.82) is 0 Å². The van der Waals surface area contributed by atoms with Crippen LogP contribution in [0.2, 0.25) is 0 Å². The zero-order chi connectivity index (χ0) is 15.1. The Morgan fingerprint density at radius 3 is 2.00 bits per heavy atom. The van der Waals surface area contributed by atoms with Gasteiger partial charge in [0.1, 0.15) is 0 Å². The summed E-state index contributed by atoms with van der Waals surface area (Å²) in [5, 5.41) is 0. The molecule has 0 aromatic heterocycles. The van der Waals surface area contributed by atoms with Crippen molar-refractivity contribution in [3.05, 3.63) is 66.2 Å². The van der Waals surface area contributed by atoms with Gasteiger partial charge in [0.15, 0.2) is 15.6 Å². The van der Waals surface area contributed by atoms with Gasteiger partial charge in [-0.3, -0.25) is 4.79 Å². The minimum atomic E-state index is -3.23. The Labute approximate surface area is 125 Å². The summed E-state index contributed by atoms with van der Waals surface area (Å²) in [6.45, 7) is 0.